The summed E-state index contributed by atoms with van der Waals surface area (Å²) in [4.78, 5) is 11.8. The van der Waals surface area contributed by atoms with Crippen molar-refractivity contribution in [2.75, 3.05) is 6.54 Å². The molecular weight excluding hydrogens is 250 g/mol. The summed E-state index contributed by atoms with van der Waals surface area (Å²) >= 11 is 0. The minimum absolute atomic E-state index is 0.165. The molecule has 0 aliphatic heterocycles. The minimum Gasteiger partial charge on any atom is -0.352 e. The maximum Gasteiger partial charge on any atom is 0.224 e. The molecule has 0 saturated carbocycles. The lowest BCUT2D eigenvalue weighted by Gasteiger charge is -2.19. The fraction of sp³-hybridized carbons (Fsp3) is 0.500. The van der Waals surface area contributed by atoms with E-state index in [9.17, 15) is 13.6 Å². The summed E-state index contributed by atoms with van der Waals surface area (Å²) in [7, 11) is 0. The zero-order valence-electron chi connectivity index (χ0n) is 11.2. The molecule has 1 amide bonds. The van der Waals surface area contributed by atoms with Crippen LogP contribution >= 0.6 is 0 Å². The molecule has 1 aromatic carbocycles. The Morgan fingerprint density at radius 3 is 2.37 bits per heavy atom. The van der Waals surface area contributed by atoms with Gasteiger partial charge in [-0.15, -0.1) is 0 Å². The van der Waals surface area contributed by atoms with Crippen molar-refractivity contribution in [1.82, 2.24) is 5.32 Å². The third-order valence-corrected chi connectivity index (χ3v) is 2.80. The molecule has 0 saturated heterocycles. The molecule has 0 aliphatic rings. The molecule has 1 aromatic rings. The number of nitrogens with one attached hydrogen (secondary N) is 1. The van der Waals surface area contributed by atoms with Crippen LogP contribution in [0.15, 0.2) is 18.2 Å². The van der Waals surface area contributed by atoms with E-state index in [1.54, 1.807) is 0 Å². The highest BCUT2D eigenvalue weighted by Crippen LogP contribution is 2.13. The van der Waals surface area contributed by atoms with Crippen LogP contribution in [0.4, 0.5) is 8.78 Å². The first-order valence-corrected chi connectivity index (χ1v) is 6.36. The summed E-state index contributed by atoms with van der Waals surface area (Å²) in [5.41, 5.74) is 5.35. The fourth-order valence-corrected chi connectivity index (χ4v) is 1.92. The number of carbonyl (C=O) groups excluding carboxylic acids is 1. The Kier molecular flexibility index (Phi) is 5.89. The monoisotopic (exact) mass is 270 g/mol. The van der Waals surface area contributed by atoms with Crippen molar-refractivity contribution in [3.05, 3.63) is 35.4 Å². The van der Waals surface area contributed by atoms with Gasteiger partial charge in [-0.05, 0) is 24.5 Å². The summed E-state index contributed by atoms with van der Waals surface area (Å²) in [6, 6.07) is 3.39. The number of amides is 1. The van der Waals surface area contributed by atoms with Crippen LogP contribution in [0.1, 0.15) is 25.8 Å². The highest BCUT2D eigenvalue weighted by atomic mass is 19.1. The molecule has 3 N–H and O–H groups in total. The van der Waals surface area contributed by atoms with E-state index in [1.165, 1.54) is 6.07 Å². The van der Waals surface area contributed by atoms with Gasteiger partial charge in [0.05, 0.1) is 6.42 Å². The number of carbonyl (C=O) groups is 1. The van der Waals surface area contributed by atoms with Crippen LogP contribution in [0.5, 0.6) is 0 Å². The Morgan fingerprint density at radius 2 is 1.89 bits per heavy atom. The van der Waals surface area contributed by atoms with Gasteiger partial charge in [-0.2, -0.15) is 0 Å². The van der Waals surface area contributed by atoms with Gasteiger partial charge in [0.1, 0.15) is 11.6 Å². The Bertz CT molecular complexity index is 415. The molecule has 1 atom stereocenters. The highest BCUT2D eigenvalue weighted by molar-refractivity contribution is 5.79. The van der Waals surface area contributed by atoms with Crippen LogP contribution in [-0.2, 0) is 11.2 Å². The third-order valence-electron chi connectivity index (χ3n) is 2.80. The lowest BCUT2D eigenvalue weighted by molar-refractivity contribution is -0.121. The van der Waals surface area contributed by atoms with Gasteiger partial charge in [-0.25, -0.2) is 8.78 Å². The number of hydrogen-bond donors (Lipinski definition) is 2. The summed E-state index contributed by atoms with van der Waals surface area (Å²) in [5.74, 6) is -1.44. The van der Waals surface area contributed by atoms with E-state index in [4.69, 9.17) is 5.73 Å². The summed E-state index contributed by atoms with van der Waals surface area (Å²) in [6.45, 7) is 4.35. The van der Waals surface area contributed by atoms with E-state index in [0.717, 1.165) is 18.6 Å². The second-order valence-corrected chi connectivity index (χ2v) is 5.01. The number of rotatable bonds is 6. The second-order valence-electron chi connectivity index (χ2n) is 5.01. The topological polar surface area (TPSA) is 55.1 Å². The minimum atomic E-state index is -0.705. The van der Waals surface area contributed by atoms with Crippen molar-refractivity contribution < 1.29 is 13.6 Å². The van der Waals surface area contributed by atoms with E-state index in [-0.39, 0.29) is 18.0 Å². The third kappa shape index (κ3) is 4.95. The van der Waals surface area contributed by atoms with Crippen LogP contribution in [0.3, 0.4) is 0 Å². The van der Waals surface area contributed by atoms with Crippen LogP contribution < -0.4 is 11.1 Å². The first kappa shape index (κ1) is 15.6. The van der Waals surface area contributed by atoms with Crippen molar-refractivity contribution >= 4 is 5.91 Å². The van der Waals surface area contributed by atoms with E-state index in [2.05, 4.69) is 5.32 Å². The quantitative estimate of drug-likeness (QED) is 0.830. The Hall–Kier alpha value is -1.49. The lowest BCUT2D eigenvalue weighted by Crippen LogP contribution is -2.41. The Morgan fingerprint density at radius 1 is 1.32 bits per heavy atom. The molecule has 19 heavy (non-hydrogen) atoms. The van der Waals surface area contributed by atoms with Gasteiger partial charge >= 0.3 is 0 Å². The predicted octanol–water partition coefficient (Wildman–Crippen LogP) is 2.00. The fourth-order valence-electron chi connectivity index (χ4n) is 1.92. The van der Waals surface area contributed by atoms with E-state index in [1.807, 2.05) is 13.8 Å². The summed E-state index contributed by atoms with van der Waals surface area (Å²) < 4.78 is 26.8. The van der Waals surface area contributed by atoms with Crippen molar-refractivity contribution in [3.63, 3.8) is 0 Å². The second kappa shape index (κ2) is 7.19. The number of nitrogens with two attached hydrogens (primary N) is 1. The largest absolute Gasteiger partial charge is 0.352 e. The van der Waals surface area contributed by atoms with Crippen molar-refractivity contribution in [2.24, 2.45) is 11.7 Å². The van der Waals surface area contributed by atoms with Gasteiger partial charge in [-0.1, -0.05) is 19.9 Å². The molecule has 5 heteroatoms. The number of benzene rings is 1. The zero-order valence-corrected chi connectivity index (χ0v) is 11.2. The van der Waals surface area contributed by atoms with Crippen molar-refractivity contribution in [1.29, 1.82) is 0 Å². The standard InChI is InChI=1S/C14H20F2N2O/c1-9(2)6-10(8-17)18-14(19)7-11-12(15)4-3-5-13(11)16/h3-5,9-10H,6-8,17H2,1-2H3,(H,18,19). The van der Waals surface area contributed by atoms with Gasteiger partial charge in [0, 0.05) is 18.2 Å². The molecule has 1 rings (SSSR count). The van der Waals surface area contributed by atoms with E-state index >= 15 is 0 Å². The molecule has 0 spiro atoms. The van der Waals surface area contributed by atoms with E-state index < -0.39 is 17.5 Å². The Balaban J connectivity index is 2.64. The molecule has 1 unspecified atom stereocenters. The van der Waals surface area contributed by atoms with E-state index in [0.29, 0.717) is 12.5 Å². The maximum absolute atomic E-state index is 13.4. The number of halogens is 2. The van der Waals surface area contributed by atoms with Gasteiger partial charge < -0.3 is 11.1 Å². The summed E-state index contributed by atoms with van der Waals surface area (Å²) in [6.07, 6.45) is 0.426. The van der Waals surface area contributed by atoms with Crippen LogP contribution in [0.2, 0.25) is 0 Å². The Labute approximate surface area is 112 Å². The molecule has 3 nitrogen and oxygen atoms in total. The SMILES string of the molecule is CC(C)CC(CN)NC(=O)Cc1c(F)cccc1F. The first-order valence-electron chi connectivity index (χ1n) is 6.36. The first-order chi connectivity index (χ1) is 8.93. The van der Waals surface area contributed by atoms with Gasteiger partial charge in [0.25, 0.3) is 0 Å². The summed E-state index contributed by atoms with van der Waals surface area (Å²) in [5, 5.41) is 2.70. The van der Waals surface area contributed by atoms with Gasteiger partial charge in [0.15, 0.2) is 0 Å². The highest BCUT2D eigenvalue weighted by Gasteiger charge is 2.16. The maximum atomic E-state index is 13.4. The van der Waals surface area contributed by atoms with Crippen molar-refractivity contribution in [3.8, 4) is 0 Å². The number of hydrogen-bond acceptors (Lipinski definition) is 2. The van der Waals surface area contributed by atoms with Crippen LogP contribution in [0.25, 0.3) is 0 Å². The average molecular weight is 270 g/mol. The molecule has 0 aliphatic carbocycles. The van der Waals surface area contributed by atoms with Gasteiger partial charge in [-0.3, -0.25) is 4.79 Å². The smallest absolute Gasteiger partial charge is 0.224 e. The molecular formula is C14H20F2N2O. The zero-order chi connectivity index (χ0) is 14.4. The molecule has 0 fully saturated rings. The normalized spacial score (nSPS) is 12.5. The molecule has 0 bridgehead atoms. The molecule has 106 valence electrons. The molecule has 0 aromatic heterocycles. The average Bonchev–Trinajstić information content (AvgIpc) is 2.32. The molecule has 0 radical (unpaired) electrons. The molecule has 0 heterocycles. The van der Waals surface area contributed by atoms with Gasteiger partial charge in [0.2, 0.25) is 5.91 Å². The lowest BCUT2D eigenvalue weighted by atomic mass is 10.0. The van der Waals surface area contributed by atoms with Crippen molar-refractivity contribution in [2.45, 2.75) is 32.7 Å². The predicted molar refractivity (Wildman–Crippen MR) is 70.5 cm³/mol. The van der Waals surface area contributed by atoms with Crippen LogP contribution in [-0.4, -0.2) is 18.5 Å². The van der Waals surface area contributed by atoms with Crippen LogP contribution in [0, 0.1) is 17.6 Å².